The first-order valence-corrected chi connectivity index (χ1v) is 8.12. The average molecular weight is 261 g/mol. The third-order valence-electron chi connectivity index (χ3n) is 4.63. The molecule has 0 aromatic rings. The van der Waals surface area contributed by atoms with Crippen LogP contribution in [0.1, 0.15) is 46.0 Å². The molecule has 17 heavy (non-hydrogen) atoms. The van der Waals surface area contributed by atoms with Crippen molar-refractivity contribution >= 4 is 9.84 Å². The second kappa shape index (κ2) is 3.68. The Bertz CT molecular complexity index is 401. The molecule has 100 valence electrons. The molecule has 0 amide bonds. The number of rotatable bonds is 1. The molecule has 3 N–H and O–H groups in total. The van der Waals surface area contributed by atoms with Gasteiger partial charge in [-0.3, -0.25) is 0 Å². The molecule has 4 nitrogen and oxygen atoms in total. The van der Waals surface area contributed by atoms with Crippen molar-refractivity contribution in [3.63, 3.8) is 0 Å². The second-order valence-corrected chi connectivity index (χ2v) is 8.98. The molecule has 0 aromatic carbocycles. The Morgan fingerprint density at radius 2 is 1.59 bits per heavy atom. The topological polar surface area (TPSA) is 80.4 Å². The van der Waals surface area contributed by atoms with Crippen molar-refractivity contribution in [1.29, 1.82) is 0 Å². The molecule has 2 fully saturated rings. The highest BCUT2D eigenvalue weighted by Crippen LogP contribution is 2.50. The summed E-state index contributed by atoms with van der Waals surface area (Å²) in [6, 6.07) is 0. The molecule has 2 rings (SSSR count). The predicted octanol–water partition coefficient (Wildman–Crippen LogP) is 0.834. The van der Waals surface area contributed by atoms with Gasteiger partial charge in [-0.1, -0.05) is 13.8 Å². The van der Waals surface area contributed by atoms with Crippen LogP contribution in [0.2, 0.25) is 0 Å². The fourth-order valence-corrected chi connectivity index (χ4v) is 4.86. The van der Waals surface area contributed by atoms with Gasteiger partial charge in [-0.05, 0) is 37.5 Å². The summed E-state index contributed by atoms with van der Waals surface area (Å²) in [5.41, 5.74) is 4.84. The minimum Gasteiger partial charge on any atom is -0.388 e. The number of hydrogen-bond donors (Lipinski definition) is 2. The van der Waals surface area contributed by atoms with Crippen LogP contribution in [-0.4, -0.2) is 36.2 Å². The Morgan fingerprint density at radius 3 is 2.00 bits per heavy atom. The number of sulfone groups is 1. The van der Waals surface area contributed by atoms with Crippen molar-refractivity contribution in [2.45, 2.75) is 57.1 Å². The molecule has 0 aromatic heterocycles. The lowest BCUT2D eigenvalue weighted by Gasteiger charge is -2.45. The average Bonchev–Trinajstić information content (AvgIpc) is 2.48. The zero-order chi connectivity index (χ0) is 12.9. The maximum Gasteiger partial charge on any atom is 0.150 e. The molecule has 1 aliphatic carbocycles. The summed E-state index contributed by atoms with van der Waals surface area (Å²) in [5.74, 6) is 0.235. The maximum absolute atomic E-state index is 11.4. The minimum absolute atomic E-state index is 0.109. The Kier molecular flexibility index (Phi) is 2.88. The SMILES string of the molecule is CC1(C)CCC(O)(C2(N)CCS(=O)(=O)CC2)C1. The lowest BCUT2D eigenvalue weighted by Crippen LogP contribution is -2.62. The van der Waals surface area contributed by atoms with E-state index in [1.807, 2.05) is 0 Å². The van der Waals surface area contributed by atoms with Crippen LogP contribution >= 0.6 is 0 Å². The van der Waals surface area contributed by atoms with E-state index in [9.17, 15) is 13.5 Å². The highest BCUT2D eigenvalue weighted by Gasteiger charge is 2.55. The van der Waals surface area contributed by atoms with Crippen molar-refractivity contribution in [1.82, 2.24) is 0 Å². The van der Waals surface area contributed by atoms with E-state index < -0.39 is 21.0 Å². The lowest BCUT2D eigenvalue weighted by molar-refractivity contribution is -0.0420. The summed E-state index contributed by atoms with van der Waals surface area (Å²) in [4.78, 5) is 0. The second-order valence-electron chi connectivity index (χ2n) is 6.68. The van der Waals surface area contributed by atoms with E-state index in [1.165, 1.54) is 0 Å². The molecule has 0 radical (unpaired) electrons. The molecule has 5 heteroatoms. The van der Waals surface area contributed by atoms with Crippen LogP contribution in [0.4, 0.5) is 0 Å². The van der Waals surface area contributed by atoms with E-state index >= 15 is 0 Å². The Morgan fingerprint density at radius 1 is 1.06 bits per heavy atom. The number of hydrogen-bond acceptors (Lipinski definition) is 4. The van der Waals surface area contributed by atoms with Gasteiger partial charge in [-0.15, -0.1) is 0 Å². The molecule has 2 aliphatic rings. The van der Waals surface area contributed by atoms with Crippen LogP contribution in [0.25, 0.3) is 0 Å². The van der Waals surface area contributed by atoms with E-state index in [-0.39, 0.29) is 16.9 Å². The predicted molar refractivity (Wildman–Crippen MR) is 67.4 cm³/mol. The van der Waals surface area contributed by atoms with Crippen molar-refractivity contribution in [2.75, 3.05) is 11.5 Å². The molecule has 1 aliphatic heterocycles. The quantitative estimate of drug-likeness (QED) is 0.733. The number of nitrogens with two attached hydrogens (primary N) is 1. The van der Waals surface area contributed by atoms with E-state index in [0.717, 1.165) is 6.42 Å². The Labute approximate surface area is 104 Å². The normalized spacial score (nSPS) is 39.1. The van der Waals surface area contributed by atoms with Gasteiger partial charge in [-0.25, -0.2) is 8.42 Å². The summed E-state index contributed by atoms with van der Waals surface area (Å²) >= 11 is 0. The standard InChI is InChI=1S/C12H23NO3S/c1-10(2)3-4-12(14,9-10)11(13)5-7-17(15,16)8-6-11/h14H,3-9,13H2,1-2H3. The van der Waals surface area contributed by atoms with Crippen LogP contribution in [0.3, 0.4) is 0 Å². The first-order chi connectivity index (χ1) is 7.58. The van der Waals surface area contributed by atoms with Gasteiger partial charge in [0.15, 0.2) is 0 Å². The summed E-state index contributed by atoms with van der Waals surface area (Å²) in [5, 5.41) is 10.8. The molecule has 0 bridgehead atoms. The van der Waals surface area contributed by atoms with Crippen LogP contribution < -0.4 is 5.73 Å². The molecule has 1 heterocycles. The highest BCUT2D eigenvalue weighted by atomic mass is 32.2. The molecule has 1 saturated carbocycles. The lowest BCUT2D eigenvalue weighted by atomic mass is 9.73. The van der Waals surface area contributed by atoms with Crippen LogP contribution in [0, 0.1) is 5.41 Å². The molecule has 1 saturated heterocycles. The fraction of sp³-hybridized carbons (Fsp3) is 1.00. The summed E-state index contributed by atoms with van der Waals surface area (Å²) in [6.45, 7) is 4.27. The number of aliphatic hydroxyl groups is 1. The van der Waals surface area contributed by atoms with Crippen LogP contribution in [0.15, 0.2) is 0 Å². The van der Waals surface area contributed by atoms with Gasteiger partial charge in [0.1, 0.15) is 9.84 Å². The monoisotopic (exact) mass is 261 g/mol. The summed E-state index contributed by atoms with van der Waals surface area (Å²) in [6.07, 6.45) is 3.10. The summed E-state index contributed by atoms with van der Waals surface area (Å²) in [7, 11) is -2.93. The molecule has 1 unspecified atom stereocenters. The van der Waals surface area contributed by atoms with Gasteiger partial charge < -0.3 is 10.8 Å². The van der Waals surface area contributed by atoms with Crippen LogP contribution in [0.5, 0.6) is 0 Å². The minimum atomic E-state index is -2.93. The van der Waals surface area contributed by atoms with Gasteiger partial charge in [0.25, 0.3) is 0 Å². The molecule has 0 spiro atoms. The third-order valence-corrected chi connectivity index (χ3v) is 6.28. The molecular weight excluding hydrogens is 238 g/mol. The van der Waals surface area contributed by atoms with Crippen LogP contribution in [-0.2, 0) is 9.84 Å². The fourth-order valence-electron chi connectivity index (χ4n) is 3.31. The van der Waals surface area contributed by atoms with Crippen molar-refractivity contribution < 1.29 is 13.5 Å². The van der Waals surface area contributed by atoms with E-state index in [0.29, 0.717) is 25.7 Å². The van der Waals surface area contributed by atoms with E-state index in [4.69, 9.17) is 5.73 Å². The van der Waals surface area contributed by atoms with Crippen molar-refractivity contribution in [3.05, 3.63) is 0 Å². The largest absolute Gasteiger partial charge is 0.388 e. The first-order valence-electron chi connectivity index (χ1n) is 6.29. The Hall–Kier alpha value is -0.130. The highest BCUT2D eigenvalue weighted by molar-refractivity contribution is 7.91. The van der Waals surface area contributed by atoms with Gasteiger partial charge in [-0.2, -0.15) is 0 Å². The molecular formula is C12H23NO3S. The maximum atomic E-state index is 11.4. The smallest absolute Gasteiger partial charge is 0.150 e. The van der Waals surface area contributed by atoms with Gasteiger partial charge in [0, 0.05) is 5.54 Å². The first kappa shape index (κ1) is 13.3. The third kappa shape index (κ3) is 2.37. The summed E-state index contributed by atoms with van der Waals surface area (Å²) < 4.78 is 22.9. The van der Waals surface area contributed by atoms with Crippen molar-refractivity contribution in [3.8, 4) is 0 Å². The molecule has 1 atom stereocenters. The zero-order valence-corrected chi connectivity index (χ0v) is 11.5. The Balaban J connectivity index is 2.18. The van der Waals surface area contributed by atoms with Gasteiger partial charge in [0.2, 0.25) is 0 Å². The van der Waals surface area contributed by atoms with Crippen molar-refractivity contribution in [2.24, 2.45) is 11.1 Å². The zero-order valence-electron chi connectivity index (χ0n) is 10.7. The van der Waals surface area contributed by atoms with Gasteiger partial charge >= 0.3 is 0 Å². The van der Waals surface area contributed by atoms with Gasteiger partial charge in [0.05, 0.1) is 17.1 Å². The van der Waals surface area contributed by atoms with E-state index in [1.54, 1.807) is 0 Å². The van der Waals surface area contributed by atoms with E-state index in [2.05, 4.69) is 13.8 Å².